The summed E-state index contributed by atoms with van der Waals surface area (Å²) in [6.45, 7) is 4.39. The summed E-state index contributed by atoms with van der Waals surface area (Å²) >= 11 is 5.21. The van der Waals surface area contributed by atoms with Crippen LogP contribution in [0, 0.1) is 6.92 Å². The Morgan fingerprint density at radius 3 is 2.70 bits per heavy atom. The van der Waals surface area contributed by atoms with Crippen LogP contribution in [0.5, 0.6) is 0 Å². The van der Waals surface area contributed by atoms with Gasteiger partial charge in [0.2, 0.25) is 5.95 Å². The lowest BCUT2D eigenvalue weighted by atomic mass is 10.2. The number of aryl methyl sites for hydroxylation is 1. The number of nitrogens with zero attached hydrogens (tertiary/aromatic N) is 2. The van der Waals surface area contributed by atoms with Crippen LogP contribution in [0.1, 0.15) is 28.5 Å². The van der Waals surface area contributed by atoms with Crippen molar-refractivity contribution in [1.29, 1.82) is 0 Å². The van der Waals surface area contributed by atoms with Crippen LogP contribution in [-0.4, -0.2) is 27.7 Å². The highest BCUT2D eigenvalue weighted by Crippen LogP contribution is 2.08. The molecule has 0 aliphatic carbocycles. The third-order valence-corrected chi connectivity index (χ3v) is 3.24. The lowest BCUT2D eigenvalue weighted by Gasteiger charge is -2.10. The van der Waals surface area contributed by atoms with Gasteiger partial charge in [-0.25, -0.2) is 14.8 Å². The van der Waals surface area contributed by atoms with Crippen molar-refractivity contribution in [3.63, 3.8) is 0 Å². The van der Waals surface area contributed by atoms with Gasteiger partial charge in [-0.15, -0.1) is 0 Å². The lowest BCUT2D eigenvalue weighted by molar-refractivity contribution is 0.0524. The minimum atomic E-state index is -0.429. The van der Waals surface area contributed by atoms with E-state index in [-0.39, 0.29) is 0 Å². The van der Waals surface area contributed by atoms with Crippen LogP contribution in [0.3, 0.4) is 0 Å². The number of nitrogens with one attached hydrogen (secondary N) is 2. The first-order valence-electron chi connectivity index (χ1n) is 7.19. The average Bonchev–Trinajstić information content (AvgIpc) is 2.54. The van der Waals surface area contributed by atoms with Gasteiger partial charge in [-0.05, 0) is 31.6 Å². The maximum Gasteiger partial charge on any atom is 0.341 e. The van der Waals surface area contributed by atoms with Crippen molar-refractivity contribution >= 4 is 29.2 Å². The van der Waals surface area contributed by atoms with Crippen LogP contribution < -0.4 is 10.6 Å². The van der Waals surface area contributed by atoms with Gasteiger partial charge >= 0.3 is 5.97 Å². The number of esters is 1. The van der Waals surface area contributed by atoms with E-state index in [1.165, 1.54) is 6.20 Å². The zero-order valence-corrected chi connectivity index (χ0v) is 13.8. The van der Waals surface area contributed by atoms with Gasteiger partial charge < -0.3 is 15.4 Å². The Balaban J connectivity index is 1.93. The van der Waals surface area contributed by atoms with Crippen LogP contribution in [0.25, 0.3) is 0 Å². The molecule has 1 aromatic heterocycles. The molecule has 1 heterocycles. The molecule has 0 fully saturated rings. The largest absolute Gasteiger partial charge is 0.462 e. The Bertz CT molecular complexity index is 692. The molecule has 23 heavy (non-hydrogen) atoms. The van der Waals surface area contributed by atoms with E-state index in [4.69, 9.17) is 17.0 Å². The van der Waals surface area contributed by atoms with E-state index in [1.807, 2.05) is 30.3 Å². The summed E-state index contributed by atoms with van der Waals surface area (Å²) in [6, 6.07) is 9.90. The van der Waals surface area contributed by atoms with Crippen molar-refractivity contribution in [2.24, 2.45) is 0 Å². The molecule has 6 nitrogen and oxygen atoms in total. The minimum absolute atomic E-state index is 0.311. The zero-order valence-electron chi connectivity index (χ0n) is 13.0. The lowest BCUT2D eigenvalue weighted by Crippen LogP contribution is -2.29. The molecular formula is C16H18N4O2S. The summed E-state index contributed by atoms with van der Waals surface area (Å²) in [6.07, 6.45) is 1.43. The third-order valence-electron chi connectivity index (χ3n) is 3.00. The van der Waals surface area contributed by atoms with E-state index < -0.39 is 5.97 Å². The van der Waals surface area contributed by atoms with Crippen molar-refractivity contribution in [2.75, 3.05) is 11.9 Å². The second-order valence-corrected chi connectivity index (χ2v) is 5.11. The maximum absolute atomic E-state index is 11.7. The molecule has 0 aliphatic rings. The van der Waals surface area contributed by atoms with Crippen LogP contribution in [0.2, 0.25) is 0 Å². The topological polar surface area (TPSA) is 76.1 Å². The van der Waals surface area contributed by atoms with Crippen molar-refractivity contribution in [1.82, 2.24) is 15.3 Å². The molecule has 120 valence electrons. The van der Waals surface area contributed by atoms with Gasteiger partial charge in [-0.2, -0.15) is 0 Å². The SMILES string of the molecule is CCOC(=O)c1cnc(NC(=S)NCc2ccccc2)nc1C. The number of anilines is 1. The average molecular weight is 330 g/mol. The first kappa shape index (κ1) is 16.8. The highest BCUT2D eigenvalue weighted by atomic mass is 32.1. The number of ether oxygens (including phenoxy) is 1. The standard InChI is InChI=1S/C16H18N4O2S/c1-3-22-14(21)13-10-17-15(19-11(13)2)20-16(23)18-9-12-7-5-4-6-8-12/h4-8,10H,3,9H2,1-2H3,(H2,17,18,19,20,23). The molecule has 0 aliphatic heterocycles. The van der Waals surface area contributed by atoms with E-state index in [1.54, 1.807) is 13.8 Å². The molecule has 2 aromatic rings. The predicted octanol–water partition coefficient (Wildman–Crippen LogP) is 2.45. The summed E-state index contributed by atoms with van der Waals surface area (Å²) in [5.74, 6) is -0.0950. The van der Waals surface area contributed by atoms with E-state index in [2.05, 4.69) is 20.6 Å². The Morgan fingerprint density at radius 2 is 2.04 bits per heavy atom. The van der Waals surface area contributed by atoms with Crippen LogP contribution >= 0.6 is 12.2 Å². The fourth-order valence-corrected chi connectivity index (χ4v) is 2.02. The van der Waals surface area contributed by atoms with Crippen molar-refractivity contribution < 1.29 is 9.53 Å². The molecule has 2 N–H and O–H groups in total. The molecule has 0 unspecified atom stereocenters. The van der Waals surface area contributed by atoms with Gasteiger partial charge in [-0.3, -0.25) is 0 Å². The van der Waals surface area contributed by atoms with E-state index in [0.29, 0.717) is 35.5 Å². The quantitative estimate of drug-likeness (QED) is 0.644. The molecular weight excluding hydrogens is 312 g/mol. The summed E-state index contributed by atoms with van der Waals surface area (Å²) in [5, 5.41) is 6.38. The van der Waals surface area contributed by atoms with Gasteiger partial charge in [0.25, 0.3) is 0 Å². The fraction of sp³-hybridized carbons (Fsp3) is 0.250. The molecule has 0 amide bonds. The molecule has 0 saturated carbocycles. The monoisotopic (exact) mass is 330 g/mol. The normalized spacial score (nSPS) is 10.0. The van der Waals surface area contributed by atoms with Gasteiger partial charge in [-0.1, -0.05) is 30.3 Å². The Hall–Kier alpha value is -2.54. The minimum Gasteiger partial charge on any atom is -0.462 e. The molecule has 0 spiro atoms. The summed E-state index contributed by atoms with van der Waals surface area (Å²) in [5.41, 5.74) is 2.00. The number of rotatable bonds is 5. The van der Waals surface area contributed by atoms with E-state index in [9.17, 15) is 4.79 Å². The fourth-order valence-electron chi connectivity index (χ4n) is 1.86. The molecule has 0 radical (unpaired) electrons. The third kappa shape index (κ3) is 5.00. The number of hydrogen-bond acceptors (Lipinski definition) is 5. The first-order chi connectivity index (χ1) is 11.1. The first-order valence-corrected chi connectivity index (χ1v) is 7.60. The van der Waals surface area contributed by atoms with Crippen molar-refractivity contribution in [2.45, 2.75) is 20.4 Å². The predicted molar refractivity (Wildman–Crippen MR) is 92.2 cm³/mol. The van der Waals surface area contributed by atoms with E-state index in [0.717, 1.165) is 5.56 Å². The summed E-state index contributed by atoms with van der Waals surface area (Å²) in [7, 11) is 0. The number of benzene rings is 1. The number of hydrogen-bond donors (Lipinski definition) is 2. The second-order valence-electron chi connectivity index (χ2n) is 4.71. The van der Waals surface area contributed by atoms with Crippen LogP contribution in [-0.2, 0) is 11.3 Å². The molecule has 1 aromatic carbocycles. The van der Waals surface area contributed by atoms with Gasteiger partial charge in [0.05, 0.1) is 17.9 Å². The Labute approximate surface area is 140 Å². The van der Waals surface area contributed by atoms with Gasteiger partial charge in [0.15, 0.2) is 5.11 Å². The zero-order chi connectivity index (χ0) is 16.7. The maximum atomic E-state index is 11.7. The molecule has 0 atom stereocenters. The van der Waals surface area contributed by atoms with Crippen LogP contribution in [0.4, 0.5) is 5.95 Å². The molecule has 2 rings (SSSR count). The van der Waals surface area contributed by atoms with Crippen LogP contribution in [0.15, 0.2) is 36.5 Å². The highest BCUT2D eigenvalue weighted by Gasteiger charge is 2.13. The second kappa shape index (κ2) is 8.19. The Morgan fingerprint density at radius 1 is 1.30 bits per heavy atom. The van der Waals surface area contributed by atoms with Crippen molar-refractivity contribution in [3.05, 3.63) is 53.3 Å². The summed E-state index contributed by atoms with van der Waals surface area (Å²) in [4.78, 5) is 20.0. The molecule has 0 bridgehead atoms. The number of aromatic nitrogens is 2. The number of carbonyl (C=O) groups is 1. The molecule has 0 saturated heterocycles. The number of carbonyl (C=O) groups excluding carboxylic acids is 1. The van der Waals surface area contributed by atoms with Crippen molar-refractivity contribution in [3.8, 4) is 0 Å². The molecule has 7 heteroatoms. The van der Waals surface area contributed by atoms with Gasteiger partial charge in [0, 0.05) is 12.7 Å². The number of thiocarbonyl (C=S) groups is 1. The Kier molecular flexibility index (Phi) is 5.99. The summed E-state index contributed by atoms with van der Waals surface area (Å²) < 4.78 is 4.94. The van der Waals surface area contributed by atoms with Gasteiger partial charge in [0.1, 0.15) is 0 Å². The van der Waals surface area contributed by atoms with E-state index >= 15 is 0 Å². The smallest absolute Gasteiger partial charge is 0.341 e. The highest BCUT2D eigenvalue weighted by molar-refractivity contribution is 7.80.